The van der Waals surface area contributed by atoms with Crippen LogP contribution in [-0.4, -0.2) is 30.1 Å². The van der Waals surface area contributed by atoms with Crippen molar-refractivity contribution in [3.05, 3.63) is 41.5 Å². The maximum atomic E-state index is 11.4. The van der Waals surface area contributed by atoms with Crippen LogP contribution in [0.15, 0.2) is 30.4 Å². The second-order valence-corrected chi connectivity index (χ2v) is 3.71. The molecule has 0 heterocycles. The van der Waals surface area contributed by atoms with Gasteiger partial charge >= 0.3 is 17.9 Å². The summed E-state index contributed by atoms with van der Waals surface area (Å²) < 4.78 is 9.38. The Morgan fingerprint density at radius 1 is 1.16 bits per heavy atom. The zero-order valence-electron chi connectivity index (χ0n) is 10.4. The van der Waals surface area contributed by atoms with E-state index in [1.165, 1.54) is 13.0 Å². The molecule has 0 aliphatic carbocycles. The summed E-state index contributed by atoms with van der Waals surface area (Å²) in [6.45, 7) is 4.85. The molecule has 0 bridgehead atoms. The van der Waals surface area contributed by atoms with Crippen LogP contribution in [0.25, 0.3) is 0 Å². The highest BCUT2D eigenvalue weighted by Gasteiger charge is 2.15. The molecule has 1 rings (SSSR count). The van der Waals surface area contributed by atoms with Crippen LogP contribution in [0.3, 0.4) is 0 Å². The Hall–Kier alpha value is -2.63. The van der Waals surface area contributed by atoms with E-state index in [1.54, 1.807) is 0 Å². The normalized spacial score (nSPS) is 9.58. The van der Waals surface area contributed by atoms with Gasteiger partial charge in [0.25, 0.3) is 0 Å². The molecule has 0 aliphatic heterocycles. The lowest BCUT2D eigenvalue weighted by molar-refractivity contribution is -0.130. The van der Waals surface area contributed by atoms with Gasteiger partial charge in [0, 0.05) is 5.57 Å². The van der Waals surface area contributed by atoms with E-state index in [0.717, 1.165) is 19.2 Å². The van der Waals surface area contributed by atoms with Crippen molar-refractivity contribution in [1.82, 2.24) is 0 Å². The number of hydrogen-bond acceptors (Lipinski definition) is 5. The first-order valence-corrected chi connectivity index (χ1v) is 5.19. The standard InChI is InChI=1S/C13H12O6/c1-7(2)12(16)19-10-5-8(11(14)15)4-9(6-10)13(17)18-3/h4-6H,1H2,2-3H3,(H,14,15). The average Bonchev–Trinajstić information content (AvgIpc) is 2.37. The maximum absolute atomic E-state index is 11.4. The molecular weight excluding hydrogens is 252 g/mol. The number of carboxylic acid groups (broad SMARTS) is 1. The molecule has 1 aromatic rings. The second kappa shape index (κ2) is 5.81. The SMILES string of the molecule is C=C(C)C(=O)Oc1cc(C(=O)O)cc(C(=O)OC)c1. The Bertz CT molecular complexity index is 558. The number of aromatic carboxylic acids is 1. The molecule has 0 saturated carbocycles. The number of hydrogen-bond donors (Lipinski definition) is 1. The van der Waals surface area contributed by atoms with Gasteiger partial charge in [-0.2, -0.15) is 0 Å². The molecule has 6 heteroatoms. The van der Waals surface area contributed by atoms with Crippen LogP contribution in [-0.2, 0) is 9.53 Å². The number of rotatable bonds is 4. The van der Waals surface area contributed by atoms with Gasteiger partial charge in [-0.05, 0) is 25.1 Å². The molecule has 0 radical (unpaired) electrons. The van der Waals surface area contributed by atoms with Crippen molar-refractivity contribution in [2.45, 2.75) is 6.92 Å². The Morgan fingerprint density at radius 2 is 1.74 bits per heavy atom. The lowest BCUT2D eigenvalue weighted by Crippen LogP contribution is -2.11. The molecule has 0 aliphatic rings. The lowest BCUT2D eigenvalue weighted by Gasteiger charge is -2.07. The highest BCUT2D eigenvalue weighted by molar-refractivity contribution is 5.96. The molecule has 1 N–H and O–H groups in total. The number of esters is 2. The van der Waals surface area contributed by atoms with Gasteiger partial charge in [0.05, 0.1) is 18.2 Å². The monoisotopic (exact) mass is 264 g/mol. The minimum absolute atomic E-state index is 0.0214. The molecule has 0 amide bonds. The summed E-state index contributed by atoms with van der Waals surface area (Å²) in [5.74, 6) is -2.75. The van der Waals surface area contributed by atoms with E-state index >= 15 is 0 Å². The quantitative estimate of drug-likeness (QED) is 0.505. The summed E-state index contributed by atoms with van der Waals surface area (Å²) in [4.78, 5) is 33.7. The van der Waals surface area contributed by atoms with Crippen LogP contribution in [0.4, 0.5) is 0 Å². The van der Waals surface area contributed by atoms with Crippen LogP contribution in [0, 0.1) is 0 Å². The zero-order valence-corrected chi connectivity index (χ0v) is 10.4. The summed E-state index contributed by atoms with van der Waals surface area (Å²) in [5.41, 5.74) is -0.0559. The summed E-state index contributed by atoms with van der Waals surface area (Å²) >= 11 is 0. The molecule has 0 unspecified atom stereocenters. The fraction of sp³-hybridized carbons (Fsp3) is 0.154. The fourth-order valence-corrected chi connectivity index (χ4v) is 1.21. The second-order valence-electron chi connectivity index (χ2n) is 3.71. The van der Waals surface area contributed by atoms with Gasteiger partial charge < -0.3 is 14.6 Å². The number of carboxylic acids is 1. The van der Waals surface area contributed by atoms with Crippen molar-refractivity contribution in [2.24, 2.45) is 0 Å². The molecule has 0 saturated heterocycles. The van der Waals surface area contributed by atoms with Gasteiger partial charge in [0.15, 0.2) is 0 Å². The first-order chi connectivity index (χ1) is 8.85. The maximum Gasteiger partial charge on any atom is 0.338 e. The third-order valence-corrected chi connectivity index (χ3v) is 2.13. The lowest BCUT2D eigenvalue weighted by atomic mass is 10.1. The molecule has 1 aromatic carbocycles. The van der Waals surface area contributed by atoms with Crippen molar-refractivity contribution < 1.29 is 29.0 Å². The third kappa shape index (κ3) is 3.67. The number of carbonyl (C=O) groups is 3. The molecule has 6 nitrogen and oxygen atoms in total. The van der Waals surface area contributed by atoms with Gasteiger partial charge in [-0.1, -0.05) is 6.58 Å². The molecule has 0 spiro atoms. The summed E-state index contributed by atoms with van der Waals surface area (Å²) in [6, 6.07) is 3.49. The van der Waals surface area contributed by atoms with Crippen LogP contribution in [0.1, 0.15) is 27.6 Å². The topological polar surface area (TPSA) is 89.9 Å². The Labute approximate surface area is 109 Å². The van der Waals surface area contributed by atoms with Crippen molar-refractivity contribution in [2.75, 3.05) is 7.11 Å². The van der Waals surface area contributed by atoms with E-state index in [-0.39, 0.29) is 22.4 Å². The van der Waals surface area contributed by atoms with Gasteiger partial charge in [-0.25, -0.2) is 14.4 Å². The predicted molar refractivity (Wildman–Crippen MR) is 65.2 cm³/mol. The van der Waals surface area contributed by atoms with Crippen molar-refractivity contribution >= 4 is 17.9 Å². The number of benzene rings is 1. The van der Waals surface area contributed by atoms with Gasteiger partial charge in [0.2, 0.25) is 0 Å². The third-order valence-electron chi connectivity index (χ3n) is 2.13. The molecule has 100 valence electrons. The number of methoxy groups -OCH3 is 1. The van der Waals surface area contributed by atoms with Crippen molar-refractivity contribution in [1.29, 1.82) is 0 Å². The van der Waals surface area contributed by atoms with E-state index in [2.05, 4.69) is 11.3 Å². The van der Waals surface area contributed by atoms with Gasteiger partial charge in [-0.3, -0.25) is 0 Å². The summed E-state index contributed by atoms with van der Waals surface area (Å²) in [5, 5.41) is 8.92. The van der Waals surface area contributed by atoms with Crippen LogP contribution < -0.4 is 4.74 Å². The van der Waals surface area contributed by atoms with Crippen LogP contribution >= 0.6 is 0 Å². The highest BCUT2D eigenvalue weighted by Crippen LogP contribution is 2.19. The Kier molecular flexibility index (Phi) is 4.41. The first kappa shape index (κ1) is 14.4. The van der Waals surface area contributed by atoms with Crippen molar-refractivity contribution in [3.8, 4) is 5.75 Å². The largest absolute Gasteiger partial charge is 0.478 e. The smallest absolute Gasteiger partial charge is 0.338 e. The fourth-order valence-electron chi connectivity index (χ4n) is 1.21. The molecular formula is C13H12O6. The molecule has 0 fully saturated rings. The molecule has 0 atom stereocenters. The first-order valence-electron chi connectivity index (χ1n) is 5.19. The number of carbonyl (C=O) groups excluding carboxylic acids is 2. The predicted octanol–water partition coefficient (Wildman–Crippen LogP) is 1.65. The van der Waals surface area contributed by atoms with Crippen LogP contribution in [0.2, 0.25) is 0 Å². The van der Waals surface area contributed by atoms with E-state index in [1.807, 2.05) is 0 Å². The summed E-state index contributed by atoms with van der Waals surface area (Å²) in [6.07, 6.45) is 0. The molecule has 0 aromatic heterocycles. The van der Waals surface area contributed by atoms with E-state index < -0.39 is 17.9 Å². The van der Waals surface area contributed by atoms with Crippen molar-refractivity contribution in [3.63, 3.8) is 0 Å². The van der Waals surface area contributed by atoms with E-state index in [4.69, 9.17) is 9.84 Å². The zero-order chi connectivity index (χ0) is 14.6. The van der Waals surface area contributed by atoms with E-state index in [9.17, 15) is 14.4 Å². The van der Waals surface area contributed by atoms with Gasteiger partial charge in [0.1, 0.15) is 5.75 Å². The minimum Gasteiger partial charge on any atom is -0.478 e. The number of ether oxygens (including phenoxy) is 2. The van der Waals surface area contributed by atoms with E-state index in [0.29, 0.717) is 0 Å². The summed E-state index contributed by atoms with van der Waals surface area (Å²) in [7, 11) is 1.16. The minimum atomic E-state index is -1.25. The Balaban J connectivity index is 3.20. The highest BCUT2D eigenvalue weighted by atomic mass is 16.5. The average molecular weight is 264 g/mol. The van der Waals surface area contributed by atoms with Gasteiger partial charge in [-0.15, -0.1) is 0 Å². The molecule has 19 heavy (non-hydrogen) atoms. The Morgan fingerprint density at radius 3 is 2.21 bits per heavy atom. The van der Waals surface area contributed by atoms with Crippen LogP contribution in [0.5, 0.6) is 5.75 Å².